The largest absolute Gasteiger partial charge is 0.490 e. The molecule has 0 aromatic heterocycles. The molecule has 57 heavy (non-hydrogen) atoms. The number of carbonyl (C=O) groups excluding carboxylic acids is 3. The molecule has 0 heterocycles. The lowest BCUT2D eigenvalue weighted by atomic mass is 10.00. The summed E-state index contributed by atoms with van der Waals surface area (Å²) < 4.78 is 31.7. The van der Waals surface area contributed by atoms with E-state index in [1.165, 1.54) is 12.1 Å². The van der Waals surface area contributed by atoms with Crippen molar-refractivity contribution in [1.29, 1.82) is 0 Å². The zero-order valence-electron chi connectivity index (χ0n) is 30.7. The van der Waals surface area contributed by atoms with E-state index in [2.05, 4.69) is 21.3 Å². The van der Waals surface area contributed by atoms with Crippen molar-refractivity contribution >= 4 is 52.4 Å². The van der Waals surface area contributed by atoms with Crippen LogP contribution in [0, 0.1) is 26.1 Å². The summed E-state index contributed by atoms with van der Waals surface area (Å²) in [6, 6.07) is 14.9. The molecule has 0 aliphatic heterocycles. The summed E-state index contributed by atoms with van der Waals surface area (Å²) in [7, 11) is 0. The Morgan fingerprint density at radius 1 is 0.789 bits per heavy atom. The van der Waals surface area contributed by atoms with E-state index in [1.54, 1.807) is 48.5 Å². The molecular weight excluding hydrogens is 763 g/mol. The number of rotatable bonds is 19. The first kappa shape index (κ1) is 46.4. The number of nitro benzene ring substituents is 2. The van der Waals surface area contributed by atoms with Gasteiger partial charge in [-0.2, -0.15) is 13.2 Å². The smallest absolute Gasteiger partial charge is 0.480 e. The first-order chi connectivity index (χ1) is 26.7. The minimum absolute atomic E-state index is 0.00163. The van der Waals surface area contributed by atoms with Crippen molar-refractivity contribution in [3.05, 3.63) is 104 Å². The molecule has 0 saturated carbocycles. The third-order valence-electron chi connectivity index (χ3n) is 7.93. The van der Waals surface area contributed by atoms with Crippen LogP contribution in [0.4, 0.5) is 35.9 Å². The van der Waals surface area contributed by atoms with Crippen LogP contribution in [-0.4, -0.2) is 80.6 Å². The number of nitrogens with zero attached hydrogens (tertiary/aromatic N) is 2. The van der Waals surface area contributed by atoms with E-state index in [0.717, 1.165) is 12.1 Å². The SMILES string of the molecule is CC(C)C[C@H](NC(=O)c1ccccc1N)C(=O)N[C@@H](Cc1ccccc1)C(=O)N[C@@H](CCCCNc1ccc([N+](=O)[O-])cc1[N+](=O)[O-])C(=O)O.O=C(O)C(F)(F)F. The summed E-state index contributed by atoms with van der Waals surface area (Å²) in [5.74, 6) is -6.00. The number of alkyl halides is 3. The van der Waals surface area contributed by atoms with Gasteiger partial charge in [-0.25, -0.2) is 9.59 Å². The number of carbonyl (C=O) groups is 5. The highest BCUT2D eigenvalue weighted by Crippen LogP contribution is 2.29. The third-order valence-corrected chi connectivity index (χ3v) is 7.93. The Labute approximate surface area is 323 Å². The molecule has 3 aromatic rings. The number of nitro groups is 2. The lowest BCUT2D eigenvalue weighted by Gasteiger charge is -2.25. The number of para-hydroxylation sites is 1. The van der Waals surface area contributed by atoms with Crippen LogP contribution < -0.4 is 27.0 Å². The number of unbranched alkanes of at least 4 members (excludes halogenated alkanes) is 1. The first-order valence-electron chi connectivity index (χ1n) is 17.2. The molecule has 18 nitrogen and oxygen atoms in total. The Balaban J connectivity index is 0.00000146. The highest BCUT2D eigenvalue weighted by atomic mass is 19.4. The zero-order chi connectivity index (χ0) is 42.9. The molecule has 3 rings (SSSR count). The molecule has 0 fully saturated rings. The minimum atomic E-state index is -5.08. The molecule has 0 aliphatic rings. The highest BCUT2D eigenvalue weighted by molar-refractivity contribution is 6.02. The van der Waals surface area contributed by atoms with Crippen LogP contribution >= 0.6 is 0 Å². The lowest BCUT2D eigenvalue weighted by Crippen LogP contribution is -2.56. The maximum Gasteiger partial charge on any atom is 0.490 e. The van der Waals surface area contributed by atoms with Crippen molar-refractivity contribution in [2.45, 2.75) is 70.3 Å². The van der Waals surface area contributed by atoms with Crippen molar-refractivity contribution in [1.82, 2.24) is 16.0 Å². The second-order valence-electron chi connectivity index (χ2n) is 12.8. The van der Waals surface area contributed by atoms with Gasteiger partial charge in [-0.3, -0.25) is 34.6 Å². The van der Waals surface area contributed by atoms with Crippen LogP contribution in [0.25, 0.3) is 0 Å². The highest BCUT2D eigenvalue weighted by Gasteiger charge is 2.38. The average molecular weight is 806 g/mol. The lowest BCUT2D eigenvalue weighted by molar-refractivity contribution is -0.393. The molecule has 3 amide bonds. The number of nitrogen functional groups attached to an aromatic ring is 1. The second-order valence-corrected chi connectivity index (χ2v) is 12.8. The minimum Gasteiger partial charge on any atom is -0.480 e. The van der Waals surface area contributed by atoms with Gasteiger partial charge in [-0.05, 0) is 55.4 Å². The Kier molecular flexibility index (Phi) is 17.8. The van der Waals surface area contributed by atoms with Crippen LogP contribution in [0.15, 0.2) is 72.8 Å². The number of nitrogens with one attached hydrogen (secondary N) is 4. The topological polar surface area (TPSA) is 286 Å². The van der Waals surface area contributed by atoms with Crippen molar-refractivity contribution in [2.75, 3.05) is 17.6 Å². The maximum absolute atomic E-state index is 13.6. The van der Waals surface area contributed by atoms with E-state index in [9.17, 15) is 57.7 Å². The predicted octanol–water partition coefficient (Wildman–Crippen LogP) is 4.44. The molecule has 0 unspecified atom stereocenters. The number of non-ortho nitro benzene ring substituents is 1. The summed E-state index contributed by atoms with van der Waals surface area (Å²) in [4.78, 5) is 82.1. The number of halogens is 3. The molecule has 0 radical (unpaired) electrons. The average Bonchev–Trinajstić information content (AvgIpc) is 3.13. The van der Waals surface area contributed by atoms with Crippen molar-refractivity contribution in [2.24, 2.45) is 5.92 Å². The number of nitrogens with two attached hydrogens (primary N) is 1. The summed E-state index contributed by atoms with van der Waals surface area (Å²) in [5, 5.41) is 50.1. The number of anilines is 2. The molecule has 0 bridgehead atoms. The van der Waals surface area contributed by atoms with E-state index >= 15 is 0 Å². The van der Waals surface area contributed by atoms with E-state index in [4.69, 9.17) is 15.6 Å². The van der Waals surface area contributed by atoms with Crippen LogP contribution in [-0.2, 0) is 25.6 Å². The van der Waals surface area contributed by atoms with Crippen molar-refractivity contribution in [3.63, 3.8) is 0 Å². The fraction of sp³-hybridized carbons (Fsp3) is 0.361. The van der Waals surface area contributed by atoms with Gasteiger partial charge in [0.1, 0.15) is 23.8 Å². The molecule has 0 aliphatic carbocycles. The third kappa shape index (κ3) is 15.8. The van der Waals surface area contributed by atoms with Crippen LogP contribution in [0.3, 0.4) is 0 Å². The van der Waals surface area contributed by atoms with E-state index in [1.807, 2.05) is 13.8 Å². The molecule has 308 valence electrons. The van der Waals surface area contributed by atoms with Gasteiger partial charge in [0.15, 0.2) is 0 Å². The summed E-state index contributed by atoms with van der Waals surface area (Å²) in [5.41, 5.74) is 6.25. The Morgan fingerprint density at radius 3 is 1.91 bits per heavy atom. The first-order valence-corrected chi connectivity index (χ1v) is 17.2. The number of hydrogen-bond acceptors (Lipinski definition) is 11. The molecule has 0 spiro atoms. The summed E-state index contributed by atoms with van der Waals surface area (Å²) >= 11 is 0. The maximum atomic E-state index is 13.6. The molecule has 0 saturated heterocycles. The molecular formula is C36H42F3N7O11. The Hall–Kier alpha value is -6.80. The normalized spacial score (nSPS) is 12.5. The Morgan fingerprint density at radius 2 is 1.37 bits per heavy atom. The number of aliphatic carboxylic acids is 2. The van der Waals surface area contributed by atoms with Gasteiger partial charge in [0, 0.05) is 24.7 Å². The fourth-order valence-electron chi connectivity index (χ4n) is 5.13. The molecule has 3 atom stereocenters. The zero-order valence-corrected chi connectivity index (χ0v) is 30.7. The number of amides is 3. The van der Waals surface area contributed by atoms with Crippen molar-refractivity contribution < 1.29 is 57.2 Å². The monoisotopic (exact) mass is 805 g/mol. The van der Waals surface area contributed by atoms with Gasteiger partial charge < -0.3 is 37.2 Å². The van der Waals surface area contributed by atoms with Gasteiger partial charge in [-0.15, -0.1) is 0 Å². The van der Waals surface area contributed by atoms with Gasteiger partial charge in [0.05, 0.1) is 21.5 Å². The van der Waals surface area contributed by atoms with E-state index < -0.39 is 75.2 Å². The van der Waals surface area contributed by atoms with Crippen molar-refractivity contribution in [3.8, 4) is 0 Å². The Bertz CT molecular complexity index is 1900. The molecule has 3 aromatic carbocycles. The van der Waals surface area contributed by atoms with E-state index in [0.29, 0.717) is 12.0 Å². The summed E-state index contributed by atoms with van der Waals surface area (Å²) in [6.07, 6.45) is -4.16. The van der Waals surface area contributed by atoms with Gasteiger partial charge in [-0.1, -0.05) is 56.3 Å². The number of benzene rings is 3. The molecule has 21 heteroatoms. The fourth-order valence-corrected chi connectivity index (χ4v) is 5.13. The number of carboxylic acids is 2. The quantitative estimate of drug-likeness (QED) is 0.0382. The van der Waals surface area contributed by atoms with E-state index in [-0.39, 0.29) is 55.1 Å². The van der Waals surface area contributed by atoms with Gasteiger partial charge >= 0.3 is 18.1 Å². The van der Waals surface area contributed by atoms with Gasteiger partial charge in [0.25, 0.3) is 17.3 Å². The standard InChI is InChI=1S/C34H41N7O9.C2HF3O2/c1-21(2)18-28(38-31(42)24-12-6-7-13-25(24)35)32(43)39-29(19-22-10-4-3-5-11-22)33(44)37-27(34(45)46)14-8-9-17-36-26-16-15-23(40(47)48)20-30(26)41(49)50;3-2(4,5)1(6)7/h3-7,10-13,15-16,20-21,27-29,36H,8-9,14,17-19,35H2,1-2H3,(H,37,44)(H,38,42)(H,39,43)(H,45,46);(H,6,7)/t27-,28-,29-;/m0./s1. The second kappa shape index (κ2) is 21.9. The summed E-state index contributed by atoms with van der Waals surface area (Å²) in [6.45, 7) is 3.93. The predicted molar refractivity (Wildman–Crippen MR) is 199 cm³/mol. The number of carboxylic acid groups (broad SMARTS) is 2. The van der Waals surface area contributed by atoms with Crippen LogP contribution in [0.1, 0.15) is 55.5 Å². The van der Waals surface area contributed by atoms with Gasteiger partial charge in [0.2, 0.25) is 11.8 Å². The number of hydrogen-bond donors (Lipinski definition) is 7. The van der Waals surface area contributed by atoms with Crippen LogP contribution in [0.5, 0.6) is 0 Å². The van der Waals surface area contributed by atoms with Crippen LogP contribution in [0.2, 0.25) is 0 Å². The molecule has 8 N–H and O–H groups in total.